The Kier molecular flexibility index (Phi) is 6.07. The van der Waals surface area contributed by atoms with Gasteiger partial charge in [-0.2, -0.15) is 0 Å². The van der Waals surface area contributed by atoms with Crippen LogP contribution < -0.4 is 5.32 Å². The molecular weight excluding hydrogens is 320 g/mol. The Hall–Kier alpha value is -1.36. The average Bonchev–Trinajstić information content (AvgIpc) is 3.04. The summed E-state index contributed by atoms with van der Waals surface area (Å²) in [5.41, 5.74) is -0.350. The first kappa shape index (κ1) is 19.0. The predicted octanol–water partition coefficient (Wildman–Crippen LogP) is 3.85. The van der Waals surface area contributed by atoms with E-state index in [1.165, 1.54) is 4.88 Å². The minimum absolute atomic E-state index is 0.00947. The van der Waals surface area contributed by atoms with Crippen LogP contribution in [0.4, 0.5) is 0 Å². The third kappa shape index (κ3) is 4.59. The van der Waals surface area contributed by atoms with Crippen molar-refractivity contribution in [1.82, 2.24) is 10.2 Å². The van der Waals surface area contributed by atoms with Gasteiger partial charge < -0.3 is 10.2 Å². The molecule has 2 amide bonds. The van der Waals surface area contributed by atoms with Crippen LogP contribution in [0.3, 0.4) is 0 Å². The van der Waals surface area contributed by atoms with Crippen LogP contribution >= 0.6 is 11.3 Å². The Labute approximate surface area is 149 Å². The Balaban J connectivity index is 1.92. The second kappa shape index (κ2) is 7.68. The molecule has 1 aliphatic rings. The van der Waals surface area contributed by atoms with E-state index in [0.29, 0.717) is 19.0 Å². The molecule has 4 nitrogen and oxygen atoms in total. The highest BCUT2D eigenvalue weighted by Crippen LogP contribution is 2.28. The molecule has 1 aliphatic heterocycles. The quantitative estimate of drug-likeness (QED) is 0.897. The monoisotopic (exact) mass is 350 g/mol. The van der Waals surface area contributed by atoms with Crippen LogP contribution in [-0.2, 0) is 9.59 Å². The van der Waals surface area contributed by atoms with Gasteiger partial charge in [-0.05, 0) is 30.2 Å². The van der Waals surface area contributed by atoms with Crippen molar-refractivity contribution in [3.05, 3.63) is 22.4 Å². The topological polar surface area (TPSA) is 49.4 Å². The molecule has 0 spiro atoms. The van der Waals surface area contributed by atoms with Gasteiger partial charge in [0.25, 0.3) is 0 Å². The lowest BCUT2D eigenvalue weighted by Crippen LogP contribution is -2.47. The fraction of sp³-hybridized carbons (Fsp3) is 0.684. The van der Waals surface area contributed by atoms with E-state index in [4.69, 9.17) is 0 Å². The van der Waals surface area contributed by atoms with Gasteiger partial charge in [0.15, 0.2) is 0 Å². The second-order valence-corrected chi connectivity index (χ2v) is 9.04. The molecule has 0 aliphatic carbocycles. The Bertz CT molecular complexity index is 552. The Morgan fingerprint density at radius 3 is 2.33 bits per heavy atom. The summed E-state index contributed by atoms with van der Waals surface area (Å²) in [6.45, 7) is 11.5. The van der Waals surface area contributed by atoms with Crippen LogP contribution in [0.15, 0.2) is 17.5 Å². The third-order valence-electron chi connectivity index (χ3n) is 4.61. The smallest absolute Gasteiger partial charge is 0.227 e. The van der Waals surface area contributed by atoms with Crippen molar-refractivity contribution in [2.24, 2.45) is 17.3 Å². The van der Waals surface area contributed by atoms with Crippen molar-refractivity contribution in [3.8, 4) is 0 Å². The van der Waals surface area contributed by atoms with Crippen LogP contribution in [-0.4, -0.2) is 29.8 Å². The van der Waals surface area contributed by atoms with Gasteiger partial charge in [0.1, 0.15) is 0 Å². The second-order valence-electron chi connectivity index (χ2n) is 8.06. The van der Waals surface area contributed by atoms with Gasteiger partial charge >= 0.3 is 0 Å². The van der Waals surface area contributed by atoms with Crippen LogP contribution in [0.2, 0.25) is 0 Å². The number of likely N-dealkylation sites (tertiary alicyclic amines) is 1. The Morgan fingerprint density at radius 1 is 1.25 bits per heavy atom. The molecule has 134 valence electrons. The zero-order valence-electron chi connectivity index (χ0n) is 15.5. The number of carbonyl (C=O) groups excluding carboxylic acids is 2. The van der Waals surface area contributed by atoms with Crippen molar-refractivity contribution in [3.63, 3.8) is 0 Å². The number of nitrogens with one attached hydrogen (secondary N) is 1. The van der Waals surface area contributed by atoms with Crippen molar-refractivity contribution in [1.29, 1.82) is 0 Å². The lowest BCUT2D eigenvalue weighted by Gasteiger charge is -2.35. The summed E-state index contributed by atoms with van der Waals surface area (Å²) in [5, 5.41) is 5.28. The highest BCUT2D eigenvalue weighted by atomic mass is 32.1. The van der Waals surface area contributed by atoms with E-state index in [-0.39, 0.29) is 29.2 Å². The average molecular weight is 351 g/mol. The van der Waals surface area contributed by atoms with E-state index in [1.807, 2.05) is 37.1 Å². The molecule has 2 rings (SSSR count). The van der Waals surface area contributed by atoms with Crippen LogP contribution in [0.25, 0.3) is 0 Å². The number of hydrogen-bond donors (Lipinski definition) is 1. The molecule has 0 saturated carbocycles. The van der Waals surface area contributed by atoms with Crippen molar-refractivity contribution in [2.75, 3.05) is 13.1 Å². The number of nitrogens with zero attached hydrogens (tertiary/aromatic N) is 1. The number of rotatable bonds is 4. The maximum Gasteiger partial charge on any atom is 0.227 e. The maximum absolute atomic E-state index is 12.7. The summed E-state index contributed by atoms with van der Waals surface area (Å²) in [6.07, 6.45) is 1.51. The van der Waals surface area contributed by atoms with Gasteiger partial charge in [-0.3, -0.25) is 9.59 Å². The lowest BCUT2D eigenvalue weighted by molar-refractivity contribution is -0.142. The molecule has 1 fully saturated rings. The lowest BCUT2D eigenvalue weighted by atomic mass is 9.90. The molecule has 5 heteroatoms. The first-order valence-corrected chi connectivity index (χ1v) is 9.71. The fourth-order valence-corrected chi connectivity index (χ4v) is 4.07. The van der Waals surface area contributed by atoms with Crippen molar-refractivity contribution in [2.45, 2.75) is 53.5 Å². The van der Waals surface area contributed by atoms with Crippen molar-refractivity contribution >= 4 is 23.2 Å². The summed E-state index contributed by atoms with van der Waals surface area (Å²) in [7, 11) is 0. The first-order chi connectivity index (χ1) is 11.2. The molecule has 1 aromatic heterocycles. The molecular formula is C19H30N2O2S. The van der Waals surface area contributed by atoms with Gasteiger partial charge in [-0.1, -0.05) is 40.7 Å². The van der Waals surface area contributed by atoms with E-state index in [1.54, 1.807) is 11.3 Å². The van der Waals surface area contributed by atoms with Gasteiger partial charge in [-0.25, -0.2) is 0 Å². The number of piperidine rings is 1. The highest BCUT2D eigenvalue weighted by Gasteiger charge is 2.33. The van der Waals surface area contributed by atoms with E-state index >= 15 is 0 Å². The van der Waals surface area contributed by atoms with E-state index < -0.39 is 0 Å². The number of amides is 2. The molecule has 2 heterocycles. The summed E-state index contributed by atoms with van der Waals surface area (Å²) in [4.78, 5) is 28.1. The number of hydrogen-bond acceptors (Lipinski definition) is 3. The minimum Gasteiger partial charge on any atom is -0.348 e. The zero-order chi connectivity index (χ0) is 17.9. The first-order valence-electron chi connectivity index (χ1n) is 8.83. The molecule has 0 radical (unpaired) electrons. The molecule has 0 bridgehead atoms. The van der Waals surface area contributed by atoms with E-state index in [2.05, 4.69) is 25.2 Å². The summed E-state index contributed by atoms with van der Waals surface area (Å²) in [5.74, 6) is 0.676. The zero-order valence-corrected chi connectivity index (χ0v) is 16.3. The SMILES string of the molecule is CC(C)C(NC(=O)C1CCN(C(=O)C(C)(C)C)CC1)c1cccs1. The molecule has 0 aromatic carbocycles. The number of carbonyl (C=O) groups is 2. The largest absolute Gasteiger partial charge is 0.348 e. The normalized spacial score (nSPS) is 17.8. The van der Waals surface area contributed by atoms with Gasteiger partial charge in [0.2, 0.25) is 11.8 Å². The molecule has 1 atom stereocenters. The van der Waals surface area contributed by atoms with Crippen LogP contribution in [0.1, 0.15) is 58.4 Å². The predicted molar refractivity (Wildman–Crippen MR) is 98.8 cm³/mol. The van der Waals surface area contributed by atoms with Gasteiger partial charge in [0, 0.05) is 29.3 Å². The maximum atomic E-state index is 12.7. The van der Waals surface area contributed by atoms with E-state index in [0.717, 1.165) is 12.8 Å². The molecule has 1 aromatic rings. The molecule has 1 N–H and O–H groups in total. The molecule has 24 heavy (non-hydrogen) atoms. The third-order valence-corrected chi connectivity index (χ3v) is 5.56. The number of thiophene rings is 1. The molecule has 1 unspecified atom stereocenters. The van der Waals surface area contributed by atoms with Crippen LogP contribution in [0.5, 0.6) is 0 Å². The highest BCUT2D eigenvalue weighted by molar-refractivity contribution is 7.10. The van der Waals surface area contributed by atoms with Gasteiger partial charge in [-0.15, -0.1) is 11.3 Å². The summed E-state index contributed by atoms with van der Waals surface area (Å²) >= 11 is 1.69. The standard InChI is InChI=1S/C19H30N2O2S/c1-13(2)16(15-7-6-12-24-15)20-17(22)14-8-10-21(11-9-14)18(23)19(3,4)5/h6-7,12-14,16H,8-11H2,1-5H3,(H,20,22). The fourth-order valence-electron chi connectivity index (χ4n) is 3.12. The Morgan fingerprint density at radius 2 is 1.88 bits per heavy atom. The summed E-state index contributed by atoms with van der Waals surface area (Å²) < 4.78 is 0. The van der Waals surface area contributed by atoms with Crippen LogP contribution in [0, 0.1) is 17.3 Å². The minimum atomic E-state index is -0.350. The molecule has 1 saturated heterocycles. The van der Waals surface area contributed by atoms with Crippen molar-refractivity contribution < 1.29 is 9.59 Å². The van der Waals surface area contributed by atoms with E-state index in [9.17, 15) is 9.59 Å². The van der Waals surface area contributed by atoms with Gasteiger partial charge in [0.05, 0.1) is 6.04 Å². The summed E-state index contributed by atoms with van der Waals surface area (Å²) in [6, 6.07) is 4.19.